The Kier molecular flexibility index (Phi) is 5.56. The summed E-state index contributed by atoms with van der Waals surface area (Å²) in [6.45, 7) is 0. The summed E-state index contributed by atoms with van der Waals surface area (Å²) in [5, 5.41) is 3.32. The molecule has 1 N–H and O–H groups in total. The minimum Gasteiger partial charge on any atom is -0.313 e. The molecule has 1 atom stereocenters. The molecule has 18 heavy (non-hydrogen) atoms. The molecule has 6 heteroatoms. The van der Waals surface area contributed by atoms with E-state index in [1.807, 2.05) is 0 Å². The Balaban J connectivity index is 2.78. The van der Waals surface area contributed by atoms with Crippen molar-refractivity contribution in [2.45, 2.75) is 18.9 Å². The molecule has 0 aromatic heterocycles. The molecule has 0 aliphatic carbocycles. The molecule has 1 aromatic rings. The van der Waals surface area contributed by atoms with E-state index >= 15 is 0 Å². The largest absolute Gasteiger partial charge is 0.313 e. The Bertz CT molecular complexity index is 485. The average molecular weight is 294 g/mol. The van der Waals surface area contributed by atoms with Gasteiger partial charge in [-0.15, -0.1) is 0 Å². The fourth-order valence-corrected chi connectivity index (χ4v) is 2.81. The fraction of sp³-hybridized carbons (Fsp3) is 0.500. The fourth-order valence-electron chi connectivity index (χ4n) is 1.83. The third-order valence-electron chi connectivity index (χ3n) is 2.70. The molecule has 0 amide bonds. The standard InChI is InChI=1S/C12H17ClFNO2S/c1-15-11(7-4-8-18(2,16)17)12-9(13)5-3-6-10(12)14/h3,5-6,11,15H,4,7-8H2,1-2H3. The Morgan fingerprint density at radius 1 is 1.44 bits per heavy atom. The normalized spacial score (nSPS) is 13.6. The molecule has 1 unspecified atom stereocenters. The maximum Gasteiger partial charge on any atom is 0.147 e. The van der Waals surface area contributed by atoms with Gasteiger partial charge in [-0.2, -0.15) is 0 Å². The lowest BCUT2D eigenvalue weighted by atomic mass is 10.0. The van der Waals surface area contributed by atoms with Crippen LogP contribution in [-0.4, -0.2) is 27.5 Å². The van der Waals surface area contributed by atoms with Gasteiger partial charge in [0.2, 0.25) is 0 Å². The van der Waals surface area contributed by atoms with Crippen molar-refractivity contribution in [2.75, 3.05) is 19.1 Å². The molecule has 1 rings (SSSR count). The van der Waals surface area contributed by atoms with Gasteiger partial charge in [-0.05, 0) is 32.0 Å². The van der Waals surface area contributed by atoms with E-state index in [1.165, 1.54) is 12.3 Å². The van der Waals surface area contributed by atoms with Crippen molar-refractivity contribution in [3.63, 3.8) is 0 Å². The van der Waals surface area contributed by atoms with E-state index in [9.17, 15) is 12.8 Å². The Labute approximate surface area is 112 Å². The molecule has 0 aliphatic rings. The third-order valence-corrected chi connectivity index (χ3v) is 4.06. The Morgan fingerprint density at radius 3 is 2.61 bits per heavy atom. The molecule has 0 fully saturated rings. The number of nitrogens with one attached hydrogen (secondary N) is 1. The van der Waals surface area contributed by atoms with E-state index in [1.54, 1.807) is 19.2 Å². The van der Waals surface area contributed by atoms with Gasteiger partial charge in [0.1, 0.15) is 15.7 Å². The highest BCUT2D eigenvalue weighted by Crippen LogP contribution is 2.28. The number of halogens is 2. The monoisotopic (exact) mass is 293 g/mol. The highest BCUT2D eigenvalue weighted by molar-refractivity contribution is 7.90. The lowest BCUT2D eigenvalue weighted by Crippen LogP contribution is -2.19. The molecular formula is C12H17ClFNO2S. The van der Waals surface area contributed by atoms with Crippen LogP contribution in [0.3, 0.4) is 0 Å². The first-order chi connectivity index (χ1) is 8.35. The summed E-state index contributed by atoms with van der Waals surface area (Å²) in [5.41, 5.74) is 0.398. The van der Waals surface area contributed by atoms with Gasteiger partial charge in [-0.3, -0.25) is 0 Å². The lowest BCUT2D eigenvalue weighted by molar-refractivity contribution is 0.502. The van der Waals surface area contributed by atoms with E-state index in [0.717, 1.165) is 0 Å². The van der Waals surface area contributed by atoms with Gasteiger partial charge in [0, 0.05) is 28.6 Å². The van der Waals surface area contributed by atoms with Crippen LogP contribution in [-0.2, 0) is 9.84 Å². The molecule has 0 saturated heterocycles. The first kappa shape index (κ1) is 15.4. The number of rotatable bonds is 6. The molecule has 3 nitrogen and oxygen atoms in total. The average Bonchev–Trinajstić information content (AvgIpc) is 2.25. The molecule has 0 aliphatic heterocycles. The first-order valence-electron chi connectivity index (χ1n) is 5.64. The van der Waals surface area contributed by atoms with Crippen LogP contribution in [0.2, 0.25) is 5.02 Å². The summed E-state index contributed by atoms with van der Waals surface area (Å²) in [7, 11) is -1.28. The van der Waals surface area contributed by atoms with Crippen molar-refractivity contribution in [3.05, 3.63) is 34.6 Å². The van der Waals surface area contributed by atoms with E-state index < -0.39 is 9.84 Å². The third kappa shape index (κ3) is 4.55. The zero-order valence-electron chi connectivity index (χ0n) is 10.4. The van der Waals surface area contributed by atoms with Gasteiger partial charge in [-0.1, -0.05) is 17.7 Å². The summed E-state index contributed by atoms with van der Waals surface area (Å²) < 4.78 is 35.8. The van der Waals surface area contributed by atoms with E-state index in [0.29, 0.717) is 23.4 Å². The summed E-state index contributed by atoms with van der Waals surface area (Å²) in [6.07, 6.45) is 2.18. The first-order valence-corrected chi connectivity index (χ1v) is 8.08. The number of hydrogen-bond acceptors (Lipinski definition) is 3. The van der Waals surface area contributed by atoms with Crippen molar-refractivity contribution in [1.29, 1.82) is 0 Å². The van der Waals surface area contributed by atoms with Crippen LogP contribution >= 0.6 is 11.6 Å². The van der Waals surface area contributed by atoms with Crippen LogP contribution in [0.4, 0.5) is 4.39 Å². The summed E-state index contributed by atoms with van der Waals surface area (Å²) >= 11 is 5.97. The van der Waals surface area contributed by atoms with Gasteiger partial charge in [-0.25, -0.2) is 12.8 Å². The maximum atomic E-state index is 13.7. The van der Waals surface area contributed by atoms with Crippen molar-refractivity contribution in [2.24, 2.45) is 0 Å². The highest BCUT2D eigenvalue weighted by Gasteiger charge is 2.17. The van der Waals surface area contributed by atoms with Crippen LogP contribution in [0.25, 0.3) is 0 Å². The lowest BCUT2D eigenvalue weighted by Gasteiger charge is -2.18. The summed E-state index contributed by atoms with van der Waals surface area (Å²) in [6, 6.07) is 4.24. The van der Waals surface area contributed by atoms with Gasteiger partial charge >= 0.3 is 0 Å². The van der Waals surface area contributed by atoms with E-state index in [-0.39, 0.29) is 17.6 Å². The van der Waals surface area contributed by atoms with Gasteiger partial charge in [0.15, 0.2) is 0 Å². The highest BCUT2D eigenvalue weighted by atomic mass is 35.5. The predicted molar refractivity (Wildman–Crippen MR) is 72.2 cm³/mol. The molecule has 0 saturated carbocycles. The van der Waals surface area contributed by atoms with Crippen molar-refractivity contribution in [1.82, 2.24) is 5.32 Å². The molecule has 102 valence electrons. The van der Waals surface area contributed by atoms with Crippen LogP contribution in [0.1, 0.15) is 24.4 Å². The Hall–Kier alpha value is -0.650. The number of benzene rings is 1. The van der Waals surface area contributed by atoms with Gasteiger partial charge < -0.3 is 5.32 Å². The quantitative estimate of drug-likeness (QED) is 0.877. The van der Waals surface area contributed by atoms with Gasteiger partial charge in [0.05, 0.1) is 0 Å². The second-order valence-electron chi connectivity index (χ2n) is 4.25. The summed E-state index contributed by atoms with van der Waals surface area (Å²) in [5.74, 6) is -0.279. The van der Waals surface area contributed by atoms with Gasteiger partial charge in [0.25, 0.3) is 0 Å². The molecule has 1 aromatic carbocycles. The molecule has 0 spiro atoms. The van der Waals surface area contributed by atoms with E-state index in [2.05, 4.69) is 5.32 Å². The minimum atomic E-state index is -2.98. The smallest absolute Gasteiger partial charge is 0.147 e. The maximum absolute atomic E-state index is 13.7. The van der Waals surface area contributed by atoms with Crippen LogP contribution in [0.15, 0.2) is 18.2 Å². The van der Waals surface area contributed by atoms with E-state index in [4.69, 9.17) is 11.6 Å². The SMILES string of the molecule is CNC(CCCS(C)(=O)=O)c1c(F)cccc1Cl. The van der Waals surface area contributed by atoms with Crippen LogP contribution in [0.5, 0.6) is 0 Å². The number of hydrogen-bond donors (Lipinski definition) is 1. The zero-order valence-corrected chi connectivity index (χ0v) is 12.0. The zero-order chi connectivity index (χ0) is 13.8. The molecular weight excluding hydrogens is 277 g/mol. The second kappa shape index (κ2) is 6.50. The van der Waals surface area contributed by atoms with Crippen molar-refractivity contribution < 1.29 is 12.8 Å². The molecule has 0 heterocycles. The van der Waals surface area contributed by atoms with Crippen LogP contribution < -0.4 is 5.32 Å². The van der Waals surface area contributed by atoms with Crippen LogP contribution in [0, 0.1) is 5.82 Å². The second-order valence-corrected chi connectivity index (χ2v) is 6.92. The number of sulfone groups is 1. The summed E-state index contributed by atoms with van der Waals surface area (Å²) in [4.78, 5) is 0. The van der Waals surface area contributed by atoms with Crippen molar-refractivity contribution >= 4 is 21.4 Å². The predicted octanol–water partition coefficient (Wildman–Crippen LogP) is 2.56. The molecule has 0 radical (unpaired) electrons. The minimum absolute atomic E-state index is 0.0945. The Morgan fingerprint density at radius 2 is 2.11 bits per heavy atom. The molecule has 0 bridgehead atoms. The van der Waals surface area contributed by atoms with Crippen molar-refractivity contribution in [3.8, 4) is 0 Å². The topological polar surface area (TPSA) is 46.2 Å².